The fraction of sp³-hybridized carbons (Fsp3) is 0.211. The van der Waals surface area contributed by atoms with Crippen LogP contribution in [0.2, 0.25) is 0 Å². The number of carbonyl (C=O) groups is 1. The molecule has 2 aromatic carbocycles. The highest BCUT2D eigenvalue weighted by Crippen LogP contribution is 2.31. The van der Waals surface area contributed by atoms with Gasteiger partial charge in [-0.25, -0.2) is 14.4 Å². The van der Waals surface area contributed by atoms with Gasteiger partial charge in [0.1, 0.15) is 17.4 Å². The molecule has 0 saturated carbocycles. The number of anilines is 1. The van der Waals surface area contributed by atoms with E-state index in [2.05, 4.69) is 20.6 Å². The second-order valence-electron chi connectivity index (χ2n) is 6.43. The Bertz CT molecular complexity index is 1030. The monoisotopic (exact) mass is 368 g/mol. The highest BCUT2D eigenvalue weighted by atomic mass is 19.1. The zero-order valence-corrected chi connectivity index (χ0v) is 14.2. The maximum absolute atomic E-state index is 13.7. The second-order valence-corrected chi connectivity index (χ2v) is 6.43. The molecular formula is C19H17FN4O3. The first kappa shape index (κ1) is 17.2. The van der Waals surface area contributed by atoms with E-state index < -0.39 is 17.7 Å². The Labute approximate surface area is 153 Å². The first-order valence-corrected chi connectivity index (χ1v) is 8.48. The summed E-state index contributed by atoms with van der Waals surface area (Å²) < 4.78 is 13.7. The van der Waals surface area contributed by atoms with E-state index in [0.29, 0.717) is 29.8 Å². The van der Waals surface area contributed by atoms with Crippen LogP contribution in [0, 0.1) is 11.7 Å². The van der Waals surface area contributed by atoms with Crippen molar-refractivity contribution in [3.8, 4) is 17.1 Å². The summed E-state index contributed by atoms with van der Waals surface area (Å²) in [7, 11) is 0. The Morgan fingerprint density at radius 2 is 2.00 bits per heavy atom. The van der Waals surface area contributed by atoms with E-state index in [1.165, 1.54) is 12.1 Å². The fourth-order valence-electron chi connectivity index (χ4n) is 3.26. The second kappa shape index (κ2) is 6.81. The van der Waals surface area contributed by atoms with Crippen LogP contribution in [0.25, 0.3) is 22.3 Å². The first-order valence-electron chi connectivity index (χ1n) is 8.48. The van der Waals surface area contributed by atoms with Gasteiger partial charge in [-0.3, -0.25) is 4.79 Å². The van der Waals surface area contributed by atoms with Crippen LogP contribution in [-0.2, 0) is 4.79 Å². The van der Waals surface area contributed by atoms with Gasteiger partial charge in [0.2, 0.25) is 0 Å². The van der Waals surface area contributed by atoms with E-state index in [-0.39, 0.29) is 23.2 Å². The largest absolute Gasteiger partial charge is 0.507 e. The molecule has 2 atom stereocenters. The van der Waals surface area contributed by atoms with Crippen LogP contribution < -0.4 is 10.6 Å². The van der Waals surface area contributed by atoms with E-state index in [1.54, 1.807) is 6.07 Å². The number of phenols is 1. The third-order valence-electron chi connectivity index (χ3n) is 4.66. The minimum absolute atomic E-state index is 0.136. The van der Waals surface area contributed by atoms with Crippen molar-refractivity contribution in [1.29, 1.82) is 0 Å². The lowest BCUT2D eigenvalue weighted by atomic mass is 10.0. The first-order chi connectivity index (χ1) is 13.0. The summed E-state index contributed by atoms with van der Waals surface area (Å²) in [5, 5.41) is 26.4. The van der Waals surface area contributed by atoms with Crippen molar-refractivity contribution < 1.29 is 19.4 Å². The lowest BCUT2D eigenvalue weighted by Crippen LogP contribution is -2.33. The van der Waals surface area contributed by atoms with Crippen LogP contribution in [0.1, 0.15) is 0 Å². The number of carboxylic acid groups (broad SMARTS) is 1. The standard InChI is InChI=1S/C19H17FN4O3/c20-10-5-6-16(25)12(7-10)18-22-14-4-2-1-3-11(14)17(24-18)23-15-9-21-8-13(15)19(26)27/h1-7,13,15,21,25H,8-9H2,(H,26,27)(H,22,23,24)/t13-,15-/m1/s1. The molecule has 1 fully saturated rings. The van der Waals surface area contributed by atoms with Crippen molar-refractivity contribution >= 4 is 22.7 Å². The fourth-order valence-corrected chi connectivity index (χ4v) is 3.26. The van der Waals surface area contributed by atoms with Crippen molar-refractivity contribution in [2.75, 3.05) is 18.4 Å². The normalized spacial score (nSPS) is 19.3. The van der Waals surface area contributed by atoms with Crippen molar-refractivity contribution in [3.63, 3.8) is 0 Å². The van der Waals surface area contributed by atoms with E-state index in [0.717, 1.165) is 6.07 Å². The van der Waals surface area contributed by atoms with Gasteiger partial charge in [0, 0.05) is 18.5 Å². The molecule has 1 aliphatic rings. The molecule has 0 amide bonds. The number of phenolic OH excluding ortho intramolecular Hbond substituents is 1. The summed E-state index contributed by atoms with van der Waals surface area (Å²) in [6.45, 7) is 0.851. The van der Waals surface area contributed by atoms with Crippen molar-refractivity contribution in [1.82, 2.24) is 15.3 Å². The van der Waals surface area contributed by atoms with Crippen LogP contribution in [0.15, 0.2) is 42.5 Å². The third-order valence-corrected chi connectivity index (χ3v) is 4.66. The van der Waals surface area contributed by atoms with Gasteiger partial charge in [-0.2, -0.15) is 0 Å². The average Bonchev–Trinajstić information content (AvgIpc) is 3.12. The summed E-state index contributed by atoms with van der Waals surface area (Å²) in [6.07, 6.45) is 0. The maximum atomic E-state index is 13.7. The molecule has 1 aromatic heterocycles. The number of para-hydroxylation sites is 1. The average molecular weight is 368 g/mol. The Morgan fingerprint density at radius 1 is 1.19 bits per heavy atom. The minimum atomic E-state index is -0.890. The number of aliphatic carboxylic acids is 1. The topological polar surface area (TPSA) is 107 Å². The summed E-state index contributed by atoms with van der Waals surface area (Å²) in [5.74, 6) is -1.53. The van der Waals surface area contributed by atoms with Gasteiger partial charge in [-0.05, 0) is 30.3 Å². The highest BCUT2D eigenvalue weighted by Gasteiger charge is 2.33. The molecule has 27 heavy (non-hydrogen) atoms. The number of benzene rings is 2. The molecule has 0 aliphatic carbocycles. The number of nitrogens with one attached hydrogen (secondary N) is 2. The van der Waals surface area contributed by atoms with Crippen LogP contribution >= 0.6 is 0 Å². The number of nitrogens with zero attached hydrogens (tertiary/aromatic N) is 2. The molecule has 0 bridgehead atoms. The molecule has 1 saturated heterocycles. The van der Waals surface area contributed by atoms with Gasteiger partial charge in [0.15, 0.2) is 5.82 Å². The minimum Gasteiger partial charge on any atom is -0.507 e. The van der Waals surface area contributed by atoms with Gasteiger partial charge in [0.05, 0.1) is 23.0 Å². The quantitative estimate of drug-likeness (QED) is 0.559. The number of carboxylic acids is 1. The van der Waals surface area contributed by atoms with Gasteiger partial charge in [-0.1, -0.05) is 12.1 Å². The zero-order chi connectivity index (χ0) is 19.0. The maximum Gasteiger partial charge on any atom is 0.309 e. The Morgan fingerprint density at radius 3 is 2.81 bits per heavy atom. The number of aromatic nitrogens is 2. The van der Waals surface area contributed by atoms with Crippen LogP contribution in [0.3, 0.4) is 0 Å². The van der Waals surface area contributed by atoms with E-state index in [9.17, 15) is 19.4 Å². The molecular weight excluding hydrogens is 351 g/mol. The lowest BCUT2D eigenvalue weighted by Gasteiger charge is -2.19. The molecule has 3 aromatic rings. The summed E-state index contributed by atoms with van der Waals surface area (Å²) >= 11 is 0. The molecule has 4 rings (SSSR count). The smallest absolute Gasteiger partial charge is 0.309 e. The molecule has 0 radical (unpaired) electrons. The summed E-state index contributed by atoms with van der Waals surface area (Å²) in [5.41, 5.74) is 0.773. The number of rotatable bonds is 4. The number of aromatic hydroxyl groups is 1. The Hall–Kier alpha value is -3.26. The number of halogens is 1. The van der Waals surface area contributed by atoms with Gasteiger partial charge in [0.25, 0.3) is 0 Å². The van der Waals surface area contributed by atoms with Crippen molar-refractivity contribution in [2.45, 2.75) is 6.04 Å². The molecule has 7 nitrogen and oxygen atoms in total. The molecule has 1 aliphatic heterocycles. The highest BCUT2D eigenvalue weighted by molar-refractivity contribution is 5.91. The molecule has 138 valence electrons. The van der Waals surface area contributed by atoms with E-state index in [1.807, 2.05) is 18.2 Å². The Kier molecular flexibility index (Phi) is 4.33. The number of fused-ring (bicyclic) bond motifs is 1. The summed E-state index contributed by atoms with van der Waals surface area (Å²) in [6, 6.07) is 10.5. The van der Waals surface area contributed by atoms with Gasteiger partial charge < -0.3 is 20.8 Å². The predicted octanol–water partition coefficient (Wildman–Crippen LogP) is 2.23. The molecule has 4 N–H and O–H groups in total. The zero-order valence-electron chi connectivity index (χ0n) is 14.2. The van der Waals surface area contributed by atoms with Crippen molar-refractivity contribution in [3.05, 3.63) is 48.3 Å². The SMILES string of the molecule is O=C(O)[C@@H]1CNC[C@H]1Nc1nc(-c2cc(F)ccc2O)nc2ccccc12. The lowest BCUT2D eigenvalue weighted by molar-refractivity contribution is -0.141. The van der Waals surface area contributed by atoms with E-state index in [4.69, 9.17) is 0 Å². The van der Waals surface area contributed by atoms with Gasteiger partial charge in [-0.15, -0.1) is 0 Å². The molecule has 2 heterocycles. The van der Waals surface area contributed by atoms with Crippen LogP contribution in [0.4, 0.5) is 10.2 Å². The number of hydrogen-bond acceptors (Lipinski definition) is 6. The van der Waals surface area contributed by atoms with Crippen LogP contribution in [0.5, 0.6) is 5.75 Å². The predicted molar refractivity (Wildman–Crippen MR) is 98.0 cm³/mol. The molecule has 8 heteroatoms. The third kappa shape index (κ3) is 3.26. The van der Waals surface area contributed by atoms with Crippen molar-refractivity contribution in [2.24, 2.45) is 5.92 Å². The van der Waals surface area contributed by atoms with E-state index >= 15 is 0 Å². The number of hydrogen-bond donors (Lipinski definition) is 4. The van der Waals surface area contributed by atoms with Crippen LogP contribution in [-0.4, -0.2) is 45.3 Å². The molecule has 0 spiro atoms. The Balaban J connectivity index is 1.82. The summed E-state index contributed by atoms with van der Waals surface area (Å²) in [4.78, 5) is 20.3. The molecule has 0 unspecified atom stereocenters. The van der Waals surface area contributed by atoms with Gasteiger partial charge >= 0.3 is 5.97 Å².